The number of aromatic nitrogens is 1. The van der Waals surface area contributed by atoms with E-state index < -0.39 is 0 Å². The highest BCUT2D eigenvalue weighted by molar-refractivity contribution is 14.0. The number of methoxy groups -OCH3 is 1. The fourth-order valence-corrected chi connectivity index (χ4v) is 3.27. The summed E-state index contributed by atoms with van der Waals surface area (Å²) in [5, 5.41) is 3.37. The third kappa shape index (κ3) is 6.53. The molecule has 3 rings (SSSR count). The molecular formula is C21H29FIN5O. The molecule has 0 saturated carbocycles. The SMILES string of the molecule is CCNC(=NCc1ccc(F)c(COC)c1)N1CCN(c2ccccn2)CC1.I. The number of pyridine rings is 1. The lowest BCUT2D eigenvalue weighted by atomic mass is 10.1. The summed E-state index contributed by atoms with van der Waals surface area (Å²) in [5.41, 5.74) is 1.53. The number of nitrogens with one attached hydrogen (secondary N) is 1. The van der Waals surface area contributed by atoms with E-state index in [9.17, 15) is 4.39 Å². The molecule has 1 fully saturated rings. The molecule has 0 atom stereocenters. The average Bonchev–Trinajstić information content (AvgIpc) is 2.74. The van der Waals surface area contributed by atoms with E-state index >= 15 is 0 Å². The van der Waals surface area contributed by atoms with Gasteiger partial charge in [-0.05, 0) is 36.8 Å². The van der Waals surface area contributed by atoms with Crippen LogP contribution in [-0.2, 0) is 17.9 Å². The predicted octanol–water partition coefficient (Wildman–Crippen LogP) is 3.27. The summed E-state index contributed by atoms with van der Waals surface area (Å²) < 4.78 is 18.9. The standard InChI is InChI=1S/C21H28FN5O.HI/c1-3-23-21(25-15-17-7-8-19(22)18(14-17)16-28-2)27-12-10-26(11-13-27)20-6-4-5-9-24-20;/h4-9,14H,3,10-13,15-16H2,1-2H3,(H,23,25);1H. The van der Waals surface area contributed by atoms with Crippen LogP contribution in [0.5, 0.6) is 0 Å². The molecule has 1 aliphatic heterocycles. The molecule has 6 nitrogen and oxygen atoms in total. The maximum Gasteiger partial charge on any atom is 0.194 e. The van der Waals surface area contributed by atoms with E-state index in [-0.39, 0.29) is 36.4 Å². The molecule has 29 heavy (non-hydrogen) atoms. The van der Waals surface area contributed by atoms with Crippen molar-refractivity contribution in [1.82, 2.24) is 15.2 Å². The number of guanidine groups is 1. The van der Waals surface area contributed by atoms with Gasteiger partial charge in [-0.25, -0.2) is 14.4 Å². The molecule has 0 bridgehead atoms. The zero-order valence-electron chi connectivity index (χ0n) is 17.0. The third-order valence-electron chi connectivity index (χ3n) is 4.71. The lowest BCUT2D eigenvalue weighted by Gasteiger charge is -2.37. The maximum atomic E-state index is 13.8. The predicted molar refractivity (Wildman–Crippen MR) is 125 cm³/mol. The maximum absolute atomic E-state index is 13.8. The summed E-state index contributed by atoms with van der Waals surface area (Å²) in [5.74, 6) is 1.66. The molecule has 0 aliphatic carbocycles. The Kier molecular flexibility index (Phi) is 9.59. The molecule has 8 heteroatoms. The molecule has 0 radical (unpaired) electrons. The van der Waals surface area contributed by atoms with E-state index in [0.717, 1.165) is 50.1 Å². The highest BCUT2D eigenvalue weighted by atomic mass is 127. The summed E-state index contributed by atoms with van der Waals surface area (Å²) in [6, 6.07) is 11.1. The summed E-state index contributed by atoms with van der Waals surface area (Å²) in [7, 11) is 1.57. The van der Waals surface area contributed by atoms with Gasteiger partial charge in [-0.3, -0.25) is 0 Å². The van der Waals surface area contributed by atoms with Gasteiger partial charge in [0.05, 0.1) is 13.2 Å². The van der Waals surface area contributed by atoms with Gasteiger partial charge in [-0.15, -0.1) is 24.0 Å². The van der Waals surface area contributed by atoms with Crippen LogP contribution in [-0.4, -0.2) is 55.7 Å². The third-order valence-corrected chi connectivity index (χ3v) is 4.71. The van der Waals surface area contributed by atoms with Crippen molar-refractivity contribution in [3.63, 3.8) is 0 Å². The molecular weight excluding hydrogens is 484 g/mol. The molecule has 2 aromatic rings. The van der Waals surface area contributed by atoms with Gasteiger partial charge in [0.25, 0.3) is 0 Å². The normalized spacial score (nSPS) is 14.5. The second-order valence-corrected chi connectivity index (χ2v) is 6.69. The Hall–Kier alpha value is -1.94. The number of rotatable bonds is 6. The number of hydrogen-bond donors (Lipinski definition) is 1. The number of benzene rings is 1. The molecule has 2 heterocycles. The van der Waals surface area contributed by atoms with Crippen LogP contribution in [0.15, 0.2) is 47.6 Å². The Balaban J connectivity index is 0.00000300. The van der Waals surface area contributed by atoms with Crippen molar-refractivity contribution in [3.05, 3.63) is 59.5 Å². The summed E-state index contributed by atoms with van der Waals surface area (Å²) >= 11 is 0. The number of anilines is 1. The largest absolute Gasteiger partial charge is 0.380 e. The van der Waals surface area contributed by atoms with Crippen molar-refractivity contribution < 1.29 is 9.13 Å². The Bertz CT molecular complexity index is 782. The minimum Gasteiger partial charge on any atom is -0.380 e. The van der Waals surface area contributed by atoms with Crippen molar-refractivity contribution in [3.8, 4) is 0 Å². The highest BCUT2D eigenvalue weighted by Gasteiger charge is 2.20. The molecule has 1 aliphatic rings. The van der Waals surface area contributed by atoms with Gasteiger partial charge < -0.3 is 19.9 Å². The molecule has 0 amide bonds. The molecule has 1 aromatic heterocycles. The molecule has 1 aromatic carbocycles. The number of halogens is 2. The Morgan fingerprint density at radius 2 is 2.00 bits per heavy atom. The Morgan fingerprint density at radius 3 is 2.66 bits per heavy atom. The smallest absolute Gasteiger partial charge is 0.194 e. The van der Waals surface area contributed by atoms with Gasteiger partial charge in [0.15, 0.2) is 5.96 Å². The number of piperazine rings is 1. The molecule has 0 spiro atoms. The van der Waals surface area contributed by atoms with Crippen LogP contribution in [0.3, 0.4) is 0 Å². The average molecular weight is 513 g/mol. The lowest BCUT2D eigenvalue weighted by Crippen LogP contribution is -2.52. The van der Waals surface area contributed by atoms with Gasteiger partial charge in [0.1, 0.15) is 11.6 Å². The Labute approximate surface area is 189 Å². The molecule has 0 unspecified atom stereocenters. The first-order valence-electron chi connectivity index (χ1n) is 9.66. The second-order valence-electron chi connectivity index (χ2n) is 6.69. The minimum atomic E-state index is -0.243. The van der Waals surface area contributed by atoms with E-state index in [0.29, 0.717) is 12.1 Å². The monoisotopic (exact) mass is 513 g/mol. The summed E-state index contributed by atoms with van der Waals surface area (Å²) in [6.07, 6.45) is 1.83. The van der Waals surface area contributed by atoms with Crippen molar-refractivity contribution >= 4 is 35.8 Å². The second kappa shape index (κ2) is 11.9. The van der Waals surface area contributed by atoms with Gasteiger partial charge in [0.2, 0.25) is 0 Å². The summed E-state index contributed by atoms with van der Waals surface area (Å²) in [6.45, 7) is 7.18. The fourth-order valence-electron chi connectivity index (χ4n) is 3.27. The van der Waals surface area contributed by atoms with Crippen LogP contribution in [0.25, 0.3) is 0 Å². The first kappa shape index (κ1) is 23.3. The summed E-state index contributed by atoms with van der Waals surface area (Å²) in [4.78, 5) is 13.8. The number of hydrogen-bond acceptors (Lipinski definition) is 4. The van der Waals surface area contributed by atoms with E-state index in [4.69, 9.17) is 9.73 Å². The lowest BCUT2D eigenvalue weighted by molar-refractivity contribution is 0.181. The van der Waals surface area contributed by atoms with E-state index in [1.165, 1.54) is 6.07 Å². The minimum absolute atomic E-state index is 0. The van der Waals surface area contributed by atoms with Gasteiger partial charge in [-0.2, -0.15) is 0 Å². The van der Waals surface area contributed by atoms with E-state index in [1.807, 2.05) is 30.5 Å². The number of nitrogens with zero attached hydrogens (tertiary/aromatic N) is 4. The van der Waals surface area contributed by atoms with Crippen LogP contribution < -0.4 is 10.2 Å². The van der Waals surface area contributed by atoms with Crippen LogP contribution >= 0.6 is 24.0 Å². The molecule has 158 valence electrons. The number of ether oxygens (including phenoxy) is 1. The van der Waals surface area contributed by atoms with Crippen molar-refractivity contribution in [2.45, 2.75) is 20.1 Å². The van der Waals surface area contributed by atoms with Crippen molar-refractivity contribution in [2.75, 3.05) is 44.7 Å². The topological polar surface area (TPSA) is 53.0 Å². The first-order valence-corrected chi connectivity index (χ1v) is 9.66. The van der Waals surface area contributed by atoms with Gasteiger partial charge in [-0.1, -0.05) is 12.1 Å². The number of aliphatic imine (C=N–C) groups is 1. The van der Waals surface area contributed by atoms with Crippen LogP contribution in [0.2, 0.25) is 0 Å². The van der Waals surface area contributed by atoms with Crippen LogP contribution in [0, 0.1) is 5.82 Å². The van der Waals surface area contributed by atoms with Crippen LogP contribution in [0.4, 0.5) is 10.2 Å². The highest BCUT2D eigenvalue weighted by Crippen LogP contribution is 2.14. The van der Waals surface area contributed by atoms with Crippen molar-refractivity contribution in [2.24, 2.45) is 4.99 Å². The molecule has 1 saturated heterocycles. The quantitative estimate of drug-likeness (QED) is 0.365. The molecule has 1 N–H and O–H groups in total. The van der Waals surface area contributed by atoms with Crippen LogP contribution in [0.1, 0.15) is 18.1 Å². The van der Waals surface area contributed by atoms with Crippen molar-refractivity contribution in [1.29, 1.82) is 0 Å². The van der Waals surface area contributed by atoms with E-state index in [1.54, 1.807) is 13.2 Å². The fraction of sp³-hybridized carbons (Fsp3) is 0.429. The van der Waals surface area contributed by atoms with Gasteiger partial charge >= 0.3 is 0 Å². The van der Waals surface area contributed by atoms with E-state index in [2.05, 4.69) is 27.0 Å². The first-order chi connectivity index (χ1) is 13.7. The zero-order valence-corrected chi connectivity index (χ0v) is 19.3. The Morgan fingerprint density at radius 1 is 1.21 bits per heavy atom. The zero-order chi connectivity index (χ0) is 19.8. The van der Waals surface area contributed by atoms with Gasteiger partial charge in [0, 0.05) is 51.6 Å².